The lowest BCUT2D eigenvalue weighted by molar-refractivity contribution is -0.112. The van der Waals surface area contributed by atoms with Crippen LogP contribution in [-0.2, 0) is 11.4 Å². The predicted molar refractivity (Wildman–Crippen MR) is 126 cm³/mol. The molecular weight excluding hydrogens is 543 g/mol. The Kier molecular flexibility index (Phi) is 7.44. The Hall–Kier alpha value is -2.63. The van der Waals surface area contributed by atoms with Crippen LogP contribution in [0.2, 0.25) is 0 Å². The molecule has 29 heavy (non-hydrogen) atoms. The lowest BCUT2D eigenvalue weighted by Crippen LogP contribution is -2.13. The number of benzene rings is 3. The number of nitrogens with one attached hydrogen (secondary N) is 1. The van der Waals surface area contributed by atoms with Crippen LogP contribution >= 0.6 is 38.5 Å². The van der Waals surface area contributed by atoms with Gasteiger partial charge in [-0.3, -0.25) is 4.79 Å². The van der Waals surface area contributed by atoms with E-state index in [-0.39, 0.29) is 5.57 Å². The second kappa shape index (κ2) is 10.2. The first-order valence-corrected chi connectivity index (χ1v) is 10.6. The summed E-state index contributed by atoms with van der Waals surface area (Å²) in [6.45, 7) is 0.429. The molecule has 0 saturated heterocycles. The molecule has 0 fully saturated rings. The van der Waals surface area contributed by atoms with E-state index < -0.39 is 5.91 Å². The summed E-state index contributed by atoms with van der Waals surface area (Å²) >= 11 is 5.60. The van der Waals surface area contributed by atoms with Crippen molar-refractivity contribution < 1.29 is 9.53 Å². The maximum absolute atomic E-state index is 12.4. The minimum Gasteiger partial charge on any atom is -0.489 e. The molecule has 1 N–H and O–H groups in total. The molecule has 0 unspecified atom stereocenters. The molecule has 144 valence electrons. The summed E-state index contributed by atoms with van der Waals surface area (Å²) < 4.78 is 7.91. The number of halogens is 2. The lowest BCUT2D eigenvalue weighted by atomic mass is 10.1. The van der Waals surface area contributed by atoms with Gasteiger partial charge in [0.1, 0.15) is 24.0 Å². The predicted octanol–water partition coefficient (Wildman–Crippen LogP) is 6.18. The van der Waals surface area contributed by atoms with Crippen LogP contribution in [0.5, 0.6) is 5.75 Å². The molecule has 3 rings (SSSR count). The number of ether oxygens (including phenoxy) is 1. The van der Waals surface area contributed by atoms with Crippen molar-refractivity contribution in [3.05, 3.63) is 97.5 Å². The Morgan fingerprint density at radius 2 is 1.83 bits per heavy atom. The summed E-state index contributed by atoms with van der Waals surface area (Å²) in [5.74, 6) is 0.215. The summed E-state index contributed by atoms with van der Waals surface area (Å²) in [5.41, 5.74) is 2.42. The number of anilines is 1. The molecule has 0 aliphatic rings. The number of amides is 1. The summed E-state index contributed by atoms with van der Waals surface area (Å²) in [6.07, 6.45) is 1.55. The van der Waals surface area contributed by atoms with Crippen molar-refractivity contribution in [2.45, 2.75) is 6.61 Å². The molecule has 0 heterocycles. The van der Waals surface area contributed by atoms with Gasteiger partial charge in [-0.1, -0.05) is 40.2 Å². The van der Waals surface area contributed by atoms with Crippen LogP contribution < -0.4 is 10.1 Å². The lowest BCUT2D eigenvalue weighted by Gasteiger charge is -2.08. The first-order valence-electron chi connectivity index (χ1n) is 8.69. The fourth-order valence-electron chi connectivity index (χ4n) is 2.49. The molecule has 0 aromatic heterocycles. The number of hydrogen-bond donors (Lipinski definition) is 1. The number of rotatable bonds is 6. The van der Waals surface area contributed by atoms with Gasteiger partial charge in [0, 0.05) is 13.7 Å². The molecule has 6 heteroatoms. The van der Waals surface area contributed by atoms with Gasteiger partial charge in [0.05, 0.1) is 0 Å². The topological polar surface area (TPSA) is 62.1 Å². The van der Waals surface area contributed by atoms with Crippen molar-refractivity contribution >= 4 is 56.2 Å². The van der Waals surface area contributed by atoms with Crippen molar-refractivity contribution in [1.29, 1.82) is 5.26 Å². The number of hydrogen-bond acceptors (Lipinski definition) is 3. The van der Waals surface area contributed by atoms with Gasteiger partial charge in [-0.2, -0.15) is 5.26 Å². The zero-order chi connectivity index (χ0) is 20.6. The van der Waals surface area contributed by atoms with E-state index in [1.165, 1.54) is 0 Å². The normalized spacial score (nSPS) is 10.9. The van der Waals surface area contributed by atoms with Crippen molar-refractivity contribution in [3.8, 4) is 11.8 Å². The van der Waals surface area contributed by atoms with Gasteiger partial charge >= 0.3 is 0 Å². The van der Waals surface area contributed by atoms with Crippen molar-refractivity contribution in [2.75, 3.05) is 5.32 Å². The maximum Gasteiger partial charge on any atom is 0.266 e. The third kappa shape index (κ3) is 6.44. The maximum atomic E-state index is 12.4. The number of carbonyl (C=O) groups excluding carboxylic acids is 1. The molecule has 4 nitrogen and oxygen atoms in total. The molecule has 0 aliphatic heterocycles. The Labute approximate surface area is 191 Å². The molecular formula is C23H16BrIN2O2. The van der Waals surface area contributed by atoms with Crippen LogP contribution in [0.25, 0.3) is 6.08 Å². The Morgan fingerprint density at radius 1 is 1.10 bits per heavy atom. The van der Waals surface area contributed by atoms with Crippen molar-refractivity contribution in [2.24, 2.45) is 0 Å². The van der Waals surface area contributed by atoms with E-state index in [1.807, 2.05) is 60.7 Å². The summed E-state index contributed by atoms with van der Waals surface area (Å²) in [4.78, 5) is 12.4. The second-order valence-corrected chi connectivity index (χ2v) is 8.28. The largest absolute Gasteiger partial charge is 0.489 e. The van der Waals surface area contributed by atoms with Crippen molar-refractivity contribution in [3.63, 3.8) is 0 Å². The molecule has 0 saturated carbocycles. The van der Waals surface area contributed by atoms with Gasteiger partial charge < -0.3 is 10.1 Å². The monoisotopic (exact) mass is 558 g/mol. The van der Waals surface area contributed by atoms with Crippen LogP contribution in [0.15, 0.2) is 82.8 Å². The van der Waals surface area contributed by atoms with Crippen LogP contribution in [0, 0.1) is 14.9 Å². The molecule has 0 radical (unpaired) electrons. The first kappa shape index (κ1) is 21.1. The van der Waals surface area contributed by atoms with Gasteiger partial charge in [0.15, 0.2) is 0 Å². The van der Waals surface area contributed by atoms with E-state index in [0.29, 0.717) is 23.6 Å². The third-order valence-electron chi connectivity index (χ3n) is 3.96. The zero-order valence-electron chi connectivity index (χ0n) is 15.2. The van der Waals surface area contributed by atoms with E-state index in [1.54, 1.807) is 24.3 Å². The number of nitriles is 1. The van der Waals surface area contributed by atoms with Gasteiger partial charge in [0.25, 0.3) is 5.91 Å². The minimum atomic E-state index is -0.449. The van der Waals surface area contributed by atoms with E-state index in [4.69, 9.17) is 4.74 Å². The van der Waals surface area contributed by atoms with Crippen LogP contribution in [0.1, 0.15) is 11.1 Å². The SMILES string of the molecule is N#C/C(=C\c1cccc(OCc2ccc(Br)cc2)c1)C(=O)Nc1ccc(I)cc1. The Bertz CT molecular complexity index is 1070. The standard InChI is InChI=1S/C23H16BrIN2O2/c24-19-6-4-16(5-7-19)15-29-22-3-1-2-17(13-22)12-18(14-26)23(28)27-21-10-8-20(25)9-11-21/h1-13H,15H2,(H,27,28)/b18-12+. The highest BCUT2D eigenvalue weighted by Crippen LogP contribution is 2.19. The van der Waals surface area contributed by atoms with Gasteiger partial charge in [0.2, 0.25) is 0 Å². The molecule has 0 spiro atoms. The molecule has 0 bridgehead atoms. The molecule has 3 aromatic rings. The minimum absolute atomic E-state index is 0.0219. The van der Waals surface area contributed by atoms with E-state index in [0.717, 1.165) is 13.6 Å². The molecule has 0 aliphatic carbocycles. The van der Waals surface area contributed by atoms with Crippen LogP contribution in [0.3, 0.4) is 0 Å². The first-order chi connectivity index (χ1) is 14.0. The second-order valence-electron chi connectivity index (χ2n) is 6.12. The van der Waals surface area contributed by atoms with Crippen LogP contribution in [0.4, 0.5) is 5.69 Å². The molecule has 0 atom stereocenters. The third-order valence-corrected chi connectivity index (χ3v) is 5.20. The van der Waals surface area contributed by atoms with Gasteiger partial charge in [-0.25, -0.2) is 0 Å². The summed E-state index contributed by atoms with van der Waals surface area (Å²) in [5, 5.41) is 12.1. The Balaban J connectivity index is 1.69. The van der Waals surface area contributed by atoms with Gasteiger partial charge in [-0.15, -0.1) is 0 Å². The van der Waals surface area contributed by atoms with Crippen molar-refractivity contribution in [1.82, 2.24) is 0 Å². The zero-order valence-corrected chi connectivity index (χ0v) is 19.0. The highest BCUT2D eigenvalue weighted by atomic mass is 127. The highest BCUT2D eigenvalue weighted by Gasteiger charge is 2.10. The summed E-state index contributed by atoms with van der Waals surface area (Å²) in [7, 11) is 0. The quantitative estimate of drug-likeness (QED) is 0.223. The smallest absolute Gasteiger partial charge is 0.266 e. The number of nitrogens with zero attached hydrogens (tertiary/aromatic N) is 1. The molecule has 3 aromatic carbocycles. The average molecular weight is 559 g/mol. The fraction of sp³-hybridized carbons (Fsp3) is 0.0435. The molecule has 1 amide bonds. The van der Waals surface area contributed by atoms with E-state index >= 15 is 0 Å². The summed E-state index contributed by atoms with van der Waals surface area (Å²) in [6, 6.07) is 24.5. The number of carbonyl (C=O) groups is 1. The Morgan fingerprint density at radius 3 is 2.52 bits per heavy atom. The fourth-order valence-corrected chi connectivity index (χ4v) is 3.11. The highest BCUT2D eigenvalue weighted by molar-refractivity contribution is 14.1. The average Bonchev–Trinajstić information content (AvgIpc) is 2.73. The van der Waals surface area contributed by atoms with Crippen LogP contribution in [-0.4, -0.2) is 5.91 Å². The van der Waals surface area contributed by atoms with E-state index in [2.05, 4.69) is 43.8 Å². The van der Waals surface area contributed by atoms with Gasteiger partial charge in [-0.05, 0) is 88.3 Å². The van der Waals surface area contributed by atoms with E-state index in [9.17, 15) is 10.1 Å².